The van der Waals surface area contributed by atoms with E-state index in [4.69, 9.17) is 29.6 Å². The second-order valence-corrected chi connectivity index (χ2v) is 5.45. The summed E-state index contributed by atoms with van der Waals surface area (Å²) in [4.78, 5) is 13.6. The number of carbonyl (C=O) groups is 1. The van der Waals surface area contributed by atoms with Crippen molar-refractivity contribution in [2.45, 2.75) is 12.5 Å². The number of benzene rings is 1. The van der Waals surface area contributed by atoms with Gasteiger partial charge in [0.1, 0.15) is 4.99 Å². The van der Waals surface area contributed by atoms with Crippen LogP contribution in [0.1, 0.15) is 12.0 Å². The molecule has 1 aromatic carbocycles. The van der Waals surface area contributed by atoms with Gasteiger partial charge in [0, 0.05) is 18.7 Å². The van der Waals surface area contributed by atoms with Crippen LogP contribution in [0.5, 0.6) is 0 Å². The number of anilines is 1. The second kappa shape index (κ2) is 6.28. The quantitative estimate of drug-likeness (QED) is 0.834. The minimum atomic E-state index is -0.410. The Morgan fingerprint density at radius 2 is 2.35 bits per heavy atom. The number of nitrogens with two attached hydrogens (primary N) is 1. The molecule has 0 aromatic heterocycles. The third-order valence-corrected chi connectivity index (χ3v) is 3.81. The molecule has 0 bridgehead atoms. The van der Waals surface area contributed by atoms with Crippen molar-refractivity contribution in [3.8, 4) is 0 Å². The molecule has 0 radical (unpaired) electrons. The molecule has 1 aliphatic heterocycles. The van der Waals surface area contributed by atoms with Gasteiger partial charge >= 0.3 is 6.09 Å². The van der Waals surface area contributed by atoms with Crippen molar-refractivity contribution in [3.63, 3.8) is 0 Å². The first kappa shape index (κ1) is 14.9. The van der Waals surface area contributed by atoms with E-state index in [0.29, 0.717) is 16.6 Å². The zero-order valence-electron chi connectivity index (χ0n) is 11.1. The van der Waals surface area contributed by atoms with Gasteiger partial charge in [0.05, 0.1) is 23.9 Å². The lowest BCUT2D eigenvalue weighted by Crippen LogP contribution is -2.37. The van der Waals surface area contributed by atoms with Crippen molar-refractivity contribution in [2.75, 3.05) is 25.1 Å². The molecule has 0 spiro atoms. The molecule has 1 fully saturated rings. The van der Waals surface area contributed by atoms with Crippen LogP contribution in [0.4, 0.5) is 10.5 Å². The Morgan fingerprint density at radius 1 is 1.60 bits per heavy atom. The molecule has 1 saturated heterocycles. The van der Waals surface area contributed by atoms with E-state index >= 15 is 0 Å². The Balaban J connectivity index is 2.06. The second-order valence-electron chi connectivity index (χ2n) is 4.60. The zero-order valence-corrected chi connectivity index (χ0v) is 12.6. The highest BCUT2D eigenvalue weighted by atomic mass is 35.5. The van der Waals surface area contributed by atoms with Crippen LogP contribution in [-0.4, -0.2) is 37.3 Å². The van der Waals surface area contributed by atoms with Crippen LogP contribution in [0.25, 0.3) is 0 Å². The van der Waals surface area contributed by atoms with Gasteiger partial charge in [-0.2, -0.15) is 0 Å². The summed E-state index contributed by atoms with van der Waals surface area (Å²) in [5.41, 5.74) is 7.24. The van der Waals surface area contributed by atoms with Crippen LogP contribution >= 0.6 is 23.8 Å². The molecule has 2 rings (SSSR count). The van der Waals surface area contributed by atoms with Crippen molar-refractivity contribution < 1.29 is 9.53 Å². The van der Waals surface area contributed by atoms with Crippen LogP contribution in [0.3, 0.4) is 0 Å². The summed E-state index contributed by atoms with van der Waals surface area (Å²) in [7, 11) is 1.35. The smallest absolute Gasteiger partial charge is 0.407 e. The Morgan fingerprint density at radius 3 is 2.95 bits per heavy atom. The zero-order chi connectivity index (χ0) is 14.7. The van der Waals surface area contributed by atoms with Crippen LogP contribution in [0.15, 0.2) is 18.2 Å². The number of nitrogens with zero attached hydrogens (tertiary/aromatic N) is 1. The SMILES string of the molecule is COC(=O)NC1CCN(c2ccc(C(N)=S)cc2Cl)C1. The van der Waals surface area contributed by atoms with Gasteiger partial charge < -0.3 is 20.7 Å². The molecule has 1 unspecified atom stereocenters. The van der Waals surface area contributed by atoms with Crippen molar-refractivity contribution in [3.05, 3.63) is 28.8 Å². The average molecular weight is 314 g/mol. The molecule has 1 heterocycles. The molecule has 20 heavy (non-hydrogen) atoms. The number of alkyl carbamates (subject to hydrolysis) is 1. The Labute approximate surface area is 128 Å². The summed E-state index contributed by atoms with van der Waals surface area (Å²) < 4.78 is 4.60. The number of ether oxygens (including phenoxy) is 1. The van der Waals surface area contributed by atoms with Gasteiger partial charge in [-0.15, -0.1) is 0 Å². The number of rotatable bonds is 3. The summed E-state index contributed by atoms with van der Waals surface area (Å²) in [5.74, 6) is 0. The highest BCUT2D eigenvalue weighted by molar-refractivity contribution is 7.80. The number of thiocarbonyl (C=S) groups is 1. The van der Waals surface area contributed by atoms with Gasteiger partial charge in [-0.3, -0.25) is 0 Å². The van der Waals surface area contributed by atoms with E-state index in [1.165, 1.54) is 7.11 Å². The van der Waals surface area contributed by atoms with Crippen molar-refractivity contribution in [1.29, 1.82) is 0 Å². The third-order valence-electron chi connectivity index (χ3n) is 3.27. The van der Waals surface area contributed by atoms with E-state index in [0.717, 1.165) is 24.2 Å². The highest BCUT2D eigenvalue weighted by Gasteiger charge is 2.25. The summed E-state index contributed by atoms with van der Waals surface area (Å²) in [6, 6.07) is 5.58. The molecular weight excluding hydrogens is 298 g/mol. The molecule has 1 amide bonds. The van der Waals surface area contributed by atoms with E-state index in [9.17, 15) is 4.79 Å². The largest absolute Gasteiger partial charge is 0.453 e. The fraction of sp³-hybridized carbons (Fsp3) is 0.385. The van der Waals surface area contributed by atoms with Crippen molar-refractivity contribution in [1.82, 2.24) is 5.32 Å². The van der Waals surface area contributed by atoms with Crippen LogP contribution in [-0.2, 0) is 4.74 Å². The minimum absolute atomic E-state index is 0.0637. The summed E-state index contributed by atoms with van der Waals surface area (Å²) >= 11 is 11.2. The van der Waals surface area contributed by atoms with Crippen molar-refractivity contribution >= 4 is 40.6 Å². The first-order valence-corrected chi connectivity index (χ1v) is 6.98. The molecule has 1 atom stereocenters. The van der Waals surface area contributed by atoms with Crippen LogP contribution in [0.2, 0.25) is 5.02 Å². The molecule has 3 N–H and O–H groups in total. The van der Waals surface area contributed by atoms with E-state index in [-0.39, 0.29) is 6.04 Å². The van der Waals surface area contributed by atoms with E-state index in [1.807, 2.05) is 12.1 Å². The summed E-state index contributed by atoms with van der Waals surface area (Å²) in [6.07, 6.45) is 0.439. The maximum atomic E-state index is 11.2. The number of halogens is 1. The first-order valence-electron chi connectivity index (χ1n) is 6.20. The van der Waals surface area contributed by atoms with Gasteiger partial charge in [0.15, 0.2) is 0 Å². The minimum Gasteiger partial charge on any atom is -0.453 e. The average Bonchev–Trinajstić information content (AvgIpc) is 2.86. The monoisotopic (exact) mass is 313 g/mol. The lowest BCUT2D eigenvalue weighted by molar-refractivity contribution is 0.167. The Hall–Kier alpha value is -1.53. The van der Waals surface area contributed by atoms with Gasteiger partial charge in [0.25, 0.3) is 0 Å². The molecule has 1 aromatic rings. The lowest BCUT2D eigenvalue weighted by Gasteiger charge is -2.20. The number of hydrogen-bond donors (Lipinski definition) is 2. The predicted octanol–water partition coefficient (Wildman–Crippen LogP) is 1.91. The Kier molecular flexibility index (Phi) is 4.67. The molecule has 1 aliphatic rings. The van der Waals surface area contributed by atoms with Crippen LogP contribution in [0, 0.1) is 0 Å². The van der Waals surface area contributed by atoms with E-state index < -0.39 is 6.09 Å². The third kappa shape index (κ3) is 3.32. The fourth-order valence-electron chi connectivity index (χ4n) is 2.24. The lowest BCUT2D eigenvalue weighted by atomic mass is 10.2. The number of methoxy groups -OCH3 is 1. The molecule has 5 nitrogen and oxygen atoms in total. The normalized spacial score (nSPS) is 17.9. The number of carbonyl (C=O) groups excluding carboxylic acids is 1. The van der Waals surface area contributed by atoms with Gasteiger partial charge in [-0.05, 0) is 24.6 Å². The van der Waals surface area contributed by atoms with E-state index in [1.54, 1.807) is 6.07 Å². The molecular formula is C13H16ClN3O2S. The standard InChI is InChI=1S/C13H16ClN3O2S/c1-19-13(18)16-9-4-5-17(7-9)11-3-2-8(12(15)20)6-10(11)14/h2-3,6,9H,4-5,7H2,1H3,(H2,15,20)(H,16,18). The highest BCUT2D eigenvalue weighted by Crippen LogP contribution is 2.29. The number of nitrogens with one attached hydrogen (secondary N) is 1. The maximum absolute atomic E-state index is 11.2. The first-order chi connectivity index (χ1) is 9.51. The molecule has 0 saturated carbocycles. The fourth-order valence-corrected chi connectivity index (χ4v) is 2.67. The predicted molar refractivity (Wildman–Crippen MR) is 83.5 cm³/mol. The Bertz CT molecular complexity index is 538. The van der Waals surface area contributed by atoms with Gasteiger partial charge in [-0.25, -0.2) is 4.79 Å². The number of amides is 1. The van der Waals surface area contributed by atoms with Gasteiger partial charge in [0.2, 0.25) is 0 Å². The number of hydrogen-bond acceptors (Lipinski definition) is 4. The molecule has 108 valence electrons. The van der Waals surface area contributed by atoms with Gasteiger partial charge in [-0.1, -0.05) is 23.8 Å². The summed E-state index contributed by atoms with van der Waals surface area (Å²) in [5, 5.41) is 3.40. The van der Waals surface area contributed by atoms with Crippen molar-refractivity contribution in [2.24, 2.45) is 5.73 Å². The molecule has 7 heteroatoms. The summed E-state index contributed by atoms with van der Waals surface area (Å²) in [6.45, 7) is 1.52. The topological polar surface area (TPSA) is 67.6 Å². The maximum Gasteiger partial charge on any atom is 0.407 e. The van der Waals surface area contributed by atoms with E-state index in [2.05, 4.69) is 15.0 Å². The molecule has 0 aliphatic carbocycles. The van der Waals surface area contributed by atoms with Crippen LogP contribution < -0.4 is 16.0 Å².